The Kier molecular flexibility index (Phi) is 3.41. The Balaban J connectivity index is 2.04. The molecule has 2 rings (SSSR count). The number of likely N-dealkylation sites (tertiary alicyclic amines) is 1. The van der Waals surface area contributed by atoms with Crippen molar-refractivity contribution in [3.8, 4) is 0 Å². The lowest BCUT2D eigenvalue weighted by molar-refractivity contribution is -0.131. The van der Waals surface area contributed by atoms with Crippen LogP contribution in [-0.2, 0) is 4.79 Å². The first-order valence-electron chi connectivity index (χ1n) is 6.65. The van der Waals surface area contributed by atoms with E-state index >= 15 is 0 Å². The van der Waals surface area contributed by atoms with Crippen molar-refractivity contribution in [1.29, 1.82) is 0 Å². The Morgan fingerprint density at radius 1 is 1.59 bits per heavy atom. The van der Waals surface area contributed by atoms with Crippen LogP contribution >= 0.6 is 0 Å². The lowest BCUT2D eigenvalue weighted by Crippen LogP contribution is -2.48. The van der Waals surface area contributed by atoms with Crippen molar-refractivity contribution in [2.75, 3.05) is 6.54 Å². The van der Waals surface area contributed by atoms with Gasteiger partial charge in [-0.15, -0.1) is 0 Å². The Morgan fingerprint density at radius 3 is 2.88 bits per heavy atom. The van der Waals surface area contributed by atoms with E-state index in [0.717, 1.165) is 19.4 Å². The van der Waals surface area contributed by atoms with Crippen LogP contribution in [0.25, 0.3) is 0 Å². The number of hydrogen-bond acceptors (Lipinski definition) is 1. The minimum absolute atomic E-state index is 0.0925. The van der Waals surface area contributed by atoms with Crippen LogP contribution in [0.1, 0.15) is 46.0 Å². The van der Waals surface area contributed by atoms with Gasteiger partial charge in [0.1, 0.15) is 0 Å². The summed E-state index contributed by atoms with van der Waals surface area (Å²) < 4.78 is 0. The molecule has 1 aliphatic heterocycles. The number of amides is 1. The third-order valence-electron chi connectivity index (χ3n) is 4.53. The van der Waals surface area contributed by atoms with E-state index < -0.39 is 0 Å². The zero-order valence-electron chi connectivity index (χ0n) is 11.0. The van der Waals surface area contributed by atoms with Crippen molar-refractivity contribution >= 4 is 5.91 Å². The molecule has 0 aromatic carbocycles. The molecule has 0 radical (unpaired) electrons. The average Bonchev–Trinajstić information content (AvgIpc) is 2.33. The molecule has 0 saturated carbocycles. The van der Waals surface area contributed by atoms with Crippen molar-refractivity contribution in [2.24, 2.45) is 5.41 Å². The number of allylic oxidation sites excluding steroid dienone is 2. The van der Waals surface area contributed by atoms with Gasteiger partial charge in [0.25, 0.3) is 0 Å². The number of nitrogens with zero attached hydrogens (tertiary/aromatic N) is 1. The van der Waals surface area contributed by atoms with E-state index in [4.69, 9.17) is 0 Å². The summed E-state index contributed by atoms with van der Waals surface area (Å²) in [5, 5.41) is 0. The molecule has 0 N–H and O–H groups in total. The Bertz CT molecular complexity index is 358. The highest BCUT2D eigenvalue weighted by Gasteiger charge is 2.39. The molecule has 0 aromatic heterocycles. The second kappa shape index (κ2) is 4.67. The first kappa shape index (κ1) is 12.4. The number of carbonyl (C=O) groups excluding carboxylic acids is 1. The average molecular weight is 233 g/mol. The largest absolute Gasteiger partial charge is 0.336 e. The van der Waals surface area contributed by atoms with E-state index in [-0.39, 0.29) is 5.91 Å². The van der Waals surface area contributed by atoms with Crippen molar-refractivity contribution in [3.63, 3.8) is 0 Å². The summed E-state index contributed by atoms with van der Waals surface area (Å²) in [6, 6.07) is 0.362. The van der Waals surface area contributed by atoms with Crippen LogP contribution in [0.4, 0.5) is 0 Å². The van der Waals surface area contributed by atoms with Crippen LogP contribution in [0, 0.1) is 5.41 Å². The van der Waals surface area contributed by atoms with E-state index in [0.29, 0.717) is 11.5 Å². The van der Waals surface area contributed by atoms with Crippen LogP contribution in [0.5, 0.6) is 0 Å². The standard InChI is InChI=1S/C15H23NO/c1-4-14(17)16-10-9-15(11-13(16)3)7-5-12(2)6-8-15/h4-5,13H,1,6-11H2,2-3H3. The molecule has 2 nitrogen and oxygen atoms in total. The molecule has 1 saturated heterocycles. The molecule has 1 spiro atoms. The fourth-order valence-electron chi connectivity index (χ4n) is 3.33. The number of carbonyl (C=O) groups is 1. The lowest BCUT2D eigenvalue weighted by atomic mass is 9.67. The molecule has 2 atom stereocenters. The molecule has 2 aliphatic rings. The fraction of sp³-hybridized carbons (Fsp3) is 0.667. The maximum Gasteiger partial charge on any atom is 0.246 e. The van der Waals surface area contributed by atoms with E-state index in [2.05, 4.69) is 26.5 Å². The third-order valence-corrected chi connectivity index (χ3v) is 4.53. The molecule has 17 heavy (non-hydrogen) atoms. The molecule has 0 aromatic rings. The summed E-state index contributed by atoms with van der Waals surface area (Å²) in [7, 11) is 0. The van der Waals surface area contributed by atoms with Gasteiger partial charge in [-0.25, -0.2) is 0 Å². The molecule has 1 fully saturated rings. The molecule has 94 valence electrons. The van der Waals surface area contributed by atoms with Gasteiger partial charge < -0.3 is 4.90 Å². The van der Waals surface area contributed by atoms with E-state index in [1.54, 1.807) is 0 Å². The number of rotatable bonds is 1. The minimum Gasteiger partial charge on any atom is -0.336 e. The van der Waals surface area contributed by atoms with Crippen molar-refractivity contribution in [2.45, 2.75) is 52.0 Å². The Morgan fingerprint density at radius 2 is 2.35 bits per heavy atom. The van der Waals surface area contributed by atoms with Crippen LogP contribution in [-0.4, -0.2) is 23.4 Å². The third kappa shape index (κ3) is 2.46. The summed E-state index contributed by atoms with van der Waals surface area (Å²) in [6.07, 6.45) is 9.90. The van der Waals surface area contributed by atoms with Gasteiger partial charge in [0, 0.05) is 12.6 Å². The quantitative estimate of drug-likeness (QED) is 0.502. The van der Waals surface area contributed by atoms with Gasteiger partial charge in [-0.2, -0.15) is 0 Å². The number of hydrogen-bond donors (Lipinski definition) is 0. The molecular formula is C15H23NO. The number of piperidine rings is 1. The summed E-state index contributed by atoms with van der Waals surface area (Å²) >= 11 is 0. The van der Waals surface area contributed by atoms with Crippen LogP contribution < -0.4 is 0 Å². The topological polar surface area (TPSA) is 20.3 Å². The van der Waals surface area contributed by atoms with Crippen LogP contribution in [0.2, 0.25) is 0 Å². The van der Waals surface area contributed by atoms with Crippen LogP contribution in [0.15, 0.2) is 24.3 Å². The first-order chi connectivity index (χ1) is 8.06. The summed E-state index contributed by atoms with van der Waals surface area (Å²) in [5.74, 6) is 0.0925. The van der Waals surface area contributed by atoms with Gasteiger partial charge in [-0.1, -0.05) is 18.2 Å². The Hall–Kier alpha value is -1.05. The molecular weight excluding hydrogens is 210 g/mol. The predicted molar refractivity (Wildman–Crippen MR) is 70.6 cm³/mol. The predicted octanol–water partition coefficient (Wildman–Crippen LogP) is 3.30. The van der Waals surface area contributed by atoms with Crippen molar-refractivity contribution < 1.29 is 4.79 Å². The van der Waals surface area contributed by atoms with Crippen molar-refractivity contribution in [3.05, 3.63) is 24.3 Å². The van der Waals surface area contributed by atoms with Crippen LogP contribution in [0.3, 0.4) is 0 Å². The highest BCUT2D eigenvalue weighted by molar-refractivity contribution is 5.87. The minimum atomic E-state index is 0.0925. The summed E-state index contributed by atoms with van der Waals surface area (Å²) in [4.78, 5) is 13.7. The molecule has 1 heterocycles. The van der Waals surface area contributed by atoms with Gasteiger partial charge in [0.2, 0.25) is 5.91 Å². The molecule has 1 aliphatic carbocycles. The summed E-state index contributed by atoms with van der Waals surface area (Å²) in [6.45, 7) is 8.89. The van der Waals surface area contributed by atoms with E-state index in [1.165, 1.54) is 30.9 Å². The van der Waals surface area contributed by atoms with Crippen molar-refractivity contribution in [1.82, 2.24) is 4.90 Å². The molecule has 1 amide bonds. The molecule has 2 heteroatoms. The lowest BCUT2D eigenvalue weighted by Gasteiger charge is -2.46. The SMILES string of the molecule is C=CC(=O)N1CCC2(CC=C(C)CC2)CC1C. The van der Waals surface area contributed by atoms with Gasteiger partial charge in [0.15, 0.2) is 0 Å². The maximum atomic E-state index is 11.7. The molecule has 2 unspecified atom stereocenters. The first-order valence-corrected chi connectivity index (χ1v) is 6.65. The Labute approximate surface area is 104 Å². The van der Waals surface area contributed by atoms with E-state index in [1.807, 2.05) is 4.90 Å². The second-order valence-electron chi connectivity index (χ2n) is 5.79. The second-order valence-corrected chi connectivity index (χ2v) is 5.79. The monoisotopic (exact) mass is 233 g/mol. The summed E-state index contributed by atoms with van der Waals surface area (Å²) in [5.41, 5.74) is 2.00. The maximum absolute atomic E-state index is 11.7. The van der Waals surface area contributed by atoms with Gasteiger partial charge in [0.05, 0.1) is 0 Å². The normalized spacial score (nSPS) is 33.4. The molecule has 0 bridgehead atoms. The highest BCUT2D eigenvalue weighted by atomic mass is 16.2. The van der Waals surface area contributed by atoms with E-state index in [9.17, 15) is 4.79 Å². The highest BCUT2D eigenvalue weighted by Crippen LogP contribution is 2.45. The van der Waals surface area contributed by atoms with Gasteiger partial charge in [-0.3, -0.25) is 4.79 Å². The van der Waals surface area contributed by atoms with Gasteiger partial charge >= 0.3 is 0 Å². The smallest absolute Gasteiger partial charge is 0.246 e. The zero-order chi connectivity index (χ0) is 12.5. The fourth-order valence-corrected chi connectivity index (χ4v) is 3.33. The van der Waals surface area contributed by atoms with Gasteiger partial charge in [-0.05, 0) is 57.4 Å². The zero-order valence-corrected chi connectivity index (χ0v) is 11.0.